The van der Waals surface area contributed by atoms with Gasteiger partial charge < -0.3 is 10.1 Å². The Morgan fingerprint density at radius 1 is 1.04 bits per heavy atom. The van der Waals surface area contributed by atoms with E-state index in [0.717, 1.165) is 10.5 Å². The lowest BCUT2D eigenvalue weighted by Crippen LogP contribution is -2.62. The van der Waals surface area contributed by atoms with Gasteiger partial charge in [0.2, 0.25) is 15.9 Å². The Balaban J connectivity index is 1.42. The molecule has 2 heterocycles. The predicted octanol–water partition coefficient (Wildman–Crippen LogP) is 1.71. The van der Waals surface area contributed by atoms with Gasteiger partial charge in [-0.05, 0) is 48.9 Å². The summed E-state index contributed by atoms with van der Waals surface area (Å²) in [6.07, 6.45) is 0. The molecule has 2 fully saturated rings. The minimum atomic E-state index is -3.69. The van der Waals surface area contributed by atoms with E-state index in [2.05, 4.69) is 5.32 Å². The lowest BCUT2D eigenvalue weighted by molar-refractivity contribution is -0.128. The van der Waals surface area contributed by atoms with Crippen molar-refractivity contribution in [1.29, 1.82) is 0 Å². The van der Waals surface area contributed by atoms with E-state index in [1.165, 1.54) is 16.4 Å². The second-order valence-electron chi connectivity index (χ2n) is 6.79. The highest BCUT2D eigenvalue weighted by Gasteiger charge is 2.45. The van der Waals surface area contributed by atoms with E-state index in [0.29, 0.717) is 11.5 Å². The molecule has 28 heavy (non-hydrogen) atoms. The van der Waals surface area contributed by atoms with Crippen LogP contribution in [0.5, 0.6) is 11.5 Å². The van der Waals surface area contributed by atoms with Crippen LogP contribution in [0.1, 0.15) is 5.56 Å². The first-order chi connectivity index (χ1) is 13.3. The molecule has 0 unspecified atom stereocenters. The highest BCUT2D eigenvalue weighted by atomic mass is 32.2. The summed E-state index contributed by atoms with van der Waals surface area (Å²) in [6.45, 7) is 2.12. The highest BCUT2D eigenvalue weighted by Crippen LogP contribution is 2.28. The van der Waals surface area contributed by atoms with Crippen molar-refractivity contribution in [3.63, 3.8) is 0 Å². The van der Waals surface area contributed by atoms with Crippen LogP contribution in [-0.4, -0.2) is 55.2 Å². The zero-order chi connectivity index (χ0) is 19.9. The molecule has 146 valence electrons. The summed E-state index contributed by atoms with van der Waals surface area (Å²) in [6, 6.07) is 12.8. The van der Waals surface area contributed by atoms with Gasteiger partial charge in [-0.3, -0.25) is 9.69 Å². The van der Waals surface area contributed by atoms with Crippen molar-refractivity contribution in [1.82, 2.24) is 14.5 Å². The molecule has 0 spiro atoms. The predicted molar refractivity (Wildman–Crippen MR) is 100 cm³/mol. The van der Waals surface area contributed by atoms with Gasteiger partial charge in [0.05, 0.1) is 17.5 Å². The Labute approximate surface area is 162 Å². The van der Waals surface area contributed by atoms with Crippen molar-refractivity contribution in [2.24, 2.45) is 0 Å². The Morgan fingerprint density at radius 2 is 1.75 bits per heavy atom. The fourth-order valence-electron chi connectivity index (χ4n) is 3.22. The zero-order valence-electron chi connectivity index (χ0n) is 15.2. The number of carbonyl (C=O) groups excluding carboxylic acids is 2. The standard InChI is InChI=1S/C19H19N3O5S/c1-13-3-2-4-16(9-13)27-15-5-7-17(8-6-15)28(25,26)21-11-14(12-21)22-18(23)10-20-19(22)24/h2-9,14H,10-12H2,1H3,(H,20,24). The van der Waals surface area contributed by atoms with Crippen LogP contribution in [0.25, 0.3) is 0 Å². The lowest BCUT2D eigenvalue weighted by Gasteiger charge is -2.41. The van der Waals surface area contributed by atoms with Crippen molar-refractivity contribution < 1.29 is 22.7 Å². The average molecular weight is 401 g/mol. The quantitative estimate of drug-likeness (QED) is 0.770. The maximum absolute atomic E-state index is 12.7. The summed E-state index contributed by atoms with van der Waals surface area (Å²) in [4.78, 5) is 24.6. The SMILES string of the molecule is Cc1cccc(Oc2ccc(S(=O)(=O)N3CC(N4C(=O)CNC4=O)C3)cc2)c1. The summed E-state index contributed by atoms with van der Waals surface area (Å²) < 4.78 is 32.5. The molecule has 0 aromatic heterocycles. The Kier molecular flexibility index (Phi) is 4.56. The largest absolute Gasteiger partial charge is 0.457 e. The second kappa shape index (κ2) is 6.92. The van der Waals surface area contributed by atoms with E-state index >= 15 is 0 Å². The first-order valence-electron chi connectivity index (χ1n) is 8.79. The maximum Gasteiger partial charge on any atom is 0.324 e. The molecule has 9 heteroatoms. The van der Waals surface area contributed by atoms with Gasteiger partial charge in [-0.25, -0.2) is 13.2 Å². The monoisotopic (exact) mass is 401 g/mol. The molecule has 0 atom stereocenters. The van der Waals surface area contributed by atoms with Crippen LogP contribution < -0.4 is 10.1 Å². The van der Waals surface area contributed by atoms with E-state index in [-0.39, 0.29) is 30.4 Å². The first kappa shape index (κ1) is 18.5. The number of hydrogen-bond acceptors (Lipinski definition) is 5. The zero-order valence-corrected chi connectivity index (χ0v) is 16.0. The van der Waals surface area contributed by atoms with E-state index in [1.807, 2.05) is 31.2 Å². The van der Waals surface area contributed by atoms with Crippen molar-refractivity contribution in [3.8, 4) is 11.5 Å². The van der Waals surface area contributed by atoms with Crippen LogP contribution >= 0.6 is 0 Å². The number of sulfonamides is 1. The topological polar surface area (TPSA) is 96.0 Å². The molecule has 0 radical (unpaired) electrons. The van der Waals surface area contributed by atoms with Gasteiger partial charge in [0.1, 0.15) is 11.5 Å². The average Bonchev–Trinajstić information content (AvgIpc) is 2.93. The normalized spacial score (nSPS) is 18.1. The summed E-state index contributed by atoms with van der Waals surface area (Å²) in [7, 11) is -3.69. The van der Waals surface area contributed by atoms with Gasteiger partial charge in [0.15, 0.2) is 0 Å². The summed E-state index contributed by atoms with van der Waals surface area (Å²) >= 11 is 0. The minimum absolute atomic E-state index is 0.0372. The number of imide groups is 1. The number of urea groups is 1. The van der Waals surface area contributed by atoms with Gasteiger partial charge in [-0.1, -0.05) is 12.1 Å². The number of hydrogen-bond donors (Lipinski definition) is 1. The maximum atomic E-state index is 12.7. The van der Waals surface area contributed by atoms with Crippen LogP contribution in [-0.2, 0) is 14.8 Å². The number of benzene rings is 2. The third kappa shape index (κ3) is 3.34. The van der Waals surface area contributed by atoms with E-state index in [9.17, 15) is 18.0 Å². The van der Waals surface area contributed by atoms with Crippen LogP contribution in [0.15, 0.2) is 53.4 Å². The molecule has 0 aliphatic carbocycles. The number of rotatable bonds is 5. The molecule has 3 amide bonds. The van der Waals surface area contributed by atoms with Crippen molar-refractivity contribution in [3.05, 3.63) is 54.1 Å². The molecule has 0 saturated carbocycles. The number of carbonyl (C=O) groups is 2. The van der Waals surface area contributed by atoms with E-state index in [4.69, 9.17) is 4.74 Å². The molecular weight excluding hydrogens is 382 g/mol. The van der Waals surface area contributed by atoms with E-state index < -0.39 is 22.1 Å². The summed E-state index contributed by atoms with van der Waals surface area (Å²) in [5, 5.41) is 2.44. The molecule has 8 nitrogen and oxygen atoms in total. The molecule has 2 aliphatic heterocycles. The molecule has 2 aromatic carbocycles. The van der Waals surface area contributed by atoms with Gasteiger partial charge in [-0.15, -0.1) is 0 Å². The van der Waals surface area contributed by atoms with Crippen molar-refractivity contribution in [2.75, 3.05) is 19.6 Å². The second-order valence-corrected chi connectivity index (χ2v) is 8.73. The number of nitrogens with one attached hydrogen (secondary N) is 1. The molecule has 1 N–H and O–H groups in total. The number of ether oxygens (including phenoxy) is 1. The van der Waals surface area contributed by atoms with Crippen LogP contribution in [0.4, 0.5) is 4.79 Å². The van der Waals surface area contributed by atoms with Crippen LogP contribution in [0, 0.1) is 6.92 Å². The Bertz CT molecular complexity index is 1010. The number of aryl methyl sites for hydroxylation is 1. The number of nitrogens with zero attached hydrogens (tertiary/aromatic N) is 2. The van der Waals surface area contributed by atoms with Crippen molar-refractivity contribution in [2.45, 2.75) is 17.9 Å². The minimum Gasteiger partial charge on any atom is -0.457 e. The molecule has 2 saturated heterocycles. The first-order valence-corrected chi connectivity index (χ1v) is 10.2. The van der Waals surface area contributed by atoms with Crippen LogP contribution in [0.3, 0.4) is 0 Å². The molecular formula is C19H19N3O5S. The van der Waals surface area contributed by atoms with Crippen molar-refractivity contribution >= 4 is 22.0 Å². The summed E-state index contributed by atoms with van der Waals surface area (Å²) in [5.41, 5.74) is 1.06. The third-order valence-corrected chi connectivity index (χ3v) is 6.60. The van der Waals surface area contributed by atoms with Gasteiger partial charge >= 0.3 is 6.03 Å². The summed E-state index contributed by atoms with van der Waals surface area (Å²) in [5.74, 6) is 0.879. The van der Waals surface area contributed by atoms with Gasteiger partial charge in [0, 0.05) is 13.1 Å². The molecule has 0 bridgehead atoms. The van der Waals surface area contributed by atoms with E-state index in [1.54, 1.807) is 12.1 Å². The number of amides is 3. The van der Waals surface area contributed by atoms with Crippen LogP contribution in [0.2, 0.25) is 0 Å². The fraction of sp³-hybridized carbons (Fsp3) is 0.263. The Morgan fingerprint density at radius 3 is 2.36 bits per heavy atom. The molecule has 2 aliphatic rings. The van der Waals surface area contributed by atoms with Gasteiger partial charge in [-0.2, -0.15) is 4.31 Å². The molecule has 2 aromatic rings. The third-order valence-electron chi connectivity index (χ3n) is 4.76. The fourth-order valence-corrected chi connectivity index (χ4v) is 4.74. The Hall–Kier alpha value is -2.91. The molecule has 4 rings (SSSR count). The van der Waals surface area contributed by atoms with Gasteiger partial charge in [0.25, 0.3) is 0 Å². The lowest BCUT2D eigenvalue weighted by atomic mass is 10.1. The smallest absolute Gasteiger partial charge is 0.324 e. The highest BCUT2D eigenvalue weighted by molar-refractivity contribution is 7.89.